The van der Waals surface area contributed by atoms with E-state index in [0.29, 0.717) is 11.8 Å². The Morgan fingerprint density at radius 3 is 2.42 bits per heavy atom. The van der Waals surface area contributed by atoms with E-state index in [1.165, 1.54) is 44.1 Å². The normalized spacial score (nSPS) is 19.4. The van der Waals surface area contributed by atoms with E-state index in [1.54, 1.807) is 0 Å². The molecule has 1 aromatic rings. The van der Waals surface area contributed by atoms with Crippen LogP contribution in [0.15, 0.2) is 18.2 Å². The average Bonchev–Trinajstić information content (AvgIpc) is 2.69. The molecule has 0 spiro atoms. The van der Waals surface area contributed by atoms with Crippen LogP contribution in [0.4, 0.5) is 0 Å². The molecule has 0 bridgehead atoms. The molecule has 1 fully saturated rings. The molecule has 0 radical (unpaired) electrons. The number of hydrogen-bond donors (Lipinski definition) is 1. The second kappa shape index (κ2) is 6.42. The van der Waals surface area contributed by atoms with E-state index in [0.717, 1.165) is 5.56 Å². The van der Waals surface area contributed by atoms with E-state index in [2.05, 4.69) is 31.9 Å². The van der Waals surface area contributed by atoms with Crippen LogP contribution in [0, 0.1) is 6.92 Å². The number of phenols is 1. The van der Waals surface area contributed by atoms with E-state index in [9.17, 15) is 5.11 Å². The van der Waals surface area contributed by atoms with Crippen molar-refractivity contribution in [3.8, 4) is 5.75 Å². The van der Waals surface area contributed by atoms with Gasteiger partial charge < -0.3 is 5.11 Å². The van der Waals surface area contributed by atoms with Gasteiger partial charge in [-0.3, -0.25) is 4.90 Å². The summed E-state index contributed by atoms with van der Waals surface area (Å²) in [7, 11) is 2.21. The molecule has 1 unspecified atom stereocenters. The van der Waals surface area contributed by atoms with Gasteiger partial charge in [-0.15, -0.1) is 0 Å². The minimum absolute atomic E-state index is 0.281. The second-order valence-electron chi connectivity index (χ2n) is 6.05. The van der Waals surface area contributed by atoms with Crippen LogP contribution in [0.1, 0.15) is 62.6 Å². The summed E-state index contributed by atoms with van der Waals surface area (Å²) < 4.78 is 0. The van der Waals surface area contributed by atoms with Crippen LogP contribution in [0.2, 0.25) is 0 Å². The van der Waals surface area contributed by atoms with Crippen LogP contribution >= 0.6 is 0 Å². The zero-order valence-electron chi connectivity index (χ0n) is 12.5. The Kier molecular flexibility index (Phi) is 4.87. The molecule has 0 heterocycles. The quantitative estimate of drug-likeness (QED) is 0.814. The molecule has 0 amide bonds. The standard InChI is InChI=1S/C17H27NO/c1-13-10-11-17(19)16(12-13)14(2)18(3)15-8-6-4-5-7-9-15/h10-12,14-15,19H,4-9H2,1-3H3. The van der Waals surface area contributed by atoms with E-state index < -0.39 is 0 Å². The fraction of sp³-hybridized carbons (Fsp3) is 0.647. The van der Waals surface area contributed by atoms with Gasteiger partial charge in [0.1, 0.15) is 5.75 Å². The van der Waals surface area contributed by atoms with Crippen molar-refractivity contribution < 1.29 is 5.11 Å². The minimum atomic E-state index is 0.281. The summed E-state index contributed by atoms with van der Waals surface area (Å²) in [5.74, 6) is 0.429. The van der Waals surface area contributed by atoms with Crippen LogP contribution in [0.5, 0.6) is 5.75 Å². The van der Waals surface area contributed by atoms with Gasteiger partial charge >= 0.3 is 0 Å². The van der Waals surface area contributed by atoms with Crippen LogP contribution in [-0.2, 0) is 0 Å². The number of hydrogen-bond acceptors (Lipinski definition) is 2. The Labute approximate surface area is 117 Å². The monoisotopic (exact) mass is 261 g/mol. The molecule has 1 saturated carbocycles. The smallest absolute Gasteiger partial charge is 0.120 e. The van der Waals surface area contributed by atoms with E-state index >= 15 is 0 Å². The first kappa shape index (κ1) is 14.4. The summed E-state index contributed by atoms with van der Waals surface area (Å²) in [5, 5.41) is 10.1. The Morgan fingerprint density at radius 1 is 1.16 bits per heavy atom. The summed E-state index contributed by atoms with van der Waals surface area (Å²) in [6, 6.07) is 6.85. The van der Waals surface area contributed by atoms with Crippen molar-refractivity contribution in [3.05, 3.63) is 29.3 Å². The molecule has 106 valence electrons. The van der Waals surface area contributed by atoms with Crippen LogP contribution < -0.4 is 0 Å². The van der Waals surface area contributed by atoms with Gasteiger partial charge in [-0.05, 0) is 39.8 Å². The zero-order valence-corrected chi connectivity index (χ0v) is 12.5. The van der Waals surface area contributed by atoms with Crippen molar-refractivity contribution in [2.75, 3.05) is 7.05 Å². The van der Waals surface area contributed by atoms with Crippen LogP contribution in [0.3, 0.4) is 0 Å². The topological polar surface area (TPSA) is 23.5 Å². The molecule has 1 aliphatic carbocycles. The molecule has 1 N–H and O–H groups in total. The molecule has 1 aromatic carbocycles. The first-order chi connectivity index (χ1) is 9.09. The SMILES string of the molecule is Cc1ccc(O)c(C(C)N(C)C2CCCCCC2)c1. The fourth-order valence-corrected chi connectivity index (χ4v) is 3.21. The van der Waals surface area contributed by atoms with Gasteiger partial charge in [0, 0.05) is 17.6 Å². The molecule has 0 saturated heterocycles. The number of phenolic OH excluding ortho intramolecular Hbond substituents is 1. The predicted molar refractivity (Wildman–Crippen MR) is 80.5 cm³/mol. The van der Waals surface area contributed by atoms with Crippen LogP contribution in [0.25, 0.3) is 0 Å². The Hall–Kier alpha value is -1.02. The highest BCUT2D eigenvalue weighted by atomic mass is 16.3. The Balaban J connectivity index is 2.12. The summed E-state index contributed by atoms with van der Waals surface area (Å²) >= 11 is 0. The second-order valence-corrected chi connectivity index (χ2v) is 6.05. The molecule has 0 aliphatic heterocycles. The first-order valence-corrected chi connectivity index (χ1v) is 7.61. The van der Waals surface area contributed by atoms with Gasteiger partial charge in [0.2, 0.25) is 0 Å². The van der Waals surface area contributed by atoms with Crippen molar-refractivity contribution in [1.29, 1.82) is 0 Å². The average molecular weight is 261 g/mol. The zero-order chi connectivity index (χ0) is 13.8. The lowest BCUT2D eigenvalue weighted by Crippen LogP contribution is -2.33. The lowest BCUT2D eigenvalue weighted by atomic mass is 9.99. The van der Waals surface area contributed by atoms with Crippen molar-refractivity contribution in [2.45, 2.75) is 64.5 Å². The summed E-state index contributed by atoms with van der Waals surface area (Å²) in [5.41, 5.74) is 2.28. The van der Waals surface area contributed by atoms with Crippen molar-refractivity contribution in [1.82, 2.24) is 4.90 Å². The van der Waals surface area contributed by atoms with Gasteiger partial charge in [-0.25, -0.2) is 0 Å². The highest BCUT2D eigenvalue weighted by Crippen LogP contribution is 2.32. The van der Waals surface area contributed by atoms with Gasteiger partial charge in [0.15, 0.2) is 0 Å². The third-order valence-corrected chi connectivity index (χ3v) is 4.64. The van der Waals surface area contributed by atoms with E-state index in [4.69, 9.17) is 0 Å². The molecule has 19 heavy (non-hydrogen) atoms. The molecule has 2 nitrogen and oxygen atoms in total. The minimum Gasteiger partial charge on any atom is -0.508 e. The van der Waals surface area contributed by atoms with E-state index in [1.807, 2.05) is 12.1 Å². The van der Waals surface area contributed by atoms with Gasteiger partial charge in [0.05, 0.1) is 0 Å². The van der Waals surface area contributed by atoms with Crippen molar-refractivity contribution in [3.63, 3.8) is 0 Å². The molecule has 2 rings (SSSR count). The Bertz CT molecular complexity index is 408. The number of benzene rings is 1. The van der Waals surface area contributed by atoms with Gasteiger partial charge in [-0.1, -0.05) is 43.4 Å². The van der Waals surface area contributed by atoms with Crippen molar-refractivity contribution in [2.24, 2.45) is 0 Å². The number of aromatic hydroxyl groups is 1. The third kappa shape index (κ3) is 3.50. The summed E-state index contributed by atoms with van der Waals surface area (Å²) in [6.07, 6.45) is 8.06. The molecule has 1 aliphatic rings. The van der Waals surface area contributed by atoms with Crippen molar-refractivity contribution >= 4 is 0 Å². The molecular weight excluding hydrogens is 234 g/mol. The largest absolute Gasteiger partial charge is 0.508 e. The number of aryl methyl sites for hydroxylation is 1. The van der Waals surface area contributed by atoms with Gasteiger partial charge in [-0.2, -0.15) is 0 Å². The molecular formula is C17H27NO. The summed E-state index contributed by atoms with van der Waals surface area (Å²) in [4.78, 5) is 2.46. The molecule has 0 aromatic heterocycles. The highest BCUT2D eigenvalue weighted by Gasteiger charge is 2.23. The number of nitrogens with zero attached hydrogens (tertiary/aromatic N) is 1. The van der Waals surface area contributed by atoms with Gasteiger partial charge in [0.25, 0.3) is 0 Å². The maximum Gasteiger partial charge on any atom is 0.120 e. The van der Waals surface area contributed by atoms with Crippen LogP contribution in [-0.4, -0.2) is 23.1 Å². The number of rotatable bonds is 3. The molecule has 1 atom stereocenters. The fourth-order valence-electron chi connectivity index (χ4n) is 3.21. The highest BCUT2D eigenvalue weighted by molar-refractivity contribution is 5.37. The lowest BCUT2D eigenvalue weighted by molar-refractivity contribution is 0.166. The maximum absolute atomic E-state index is 10.1. The summed E-state index contributed by atoms with van der Waals surface area (Å²) in [6.45, 7) is 4.29. The van der Waals surface area contributed by atoms with E-state index in [-0.39, 0.29) is 6.04 Å². The third-order valence-electron chi connectivity index (χ3n) is 4.64. The lowest BCUT2D eigenvalue weighted by Gasteiger charge is -2.33. The Morgan fingerprint density at radius 2 is 1.79 bits per heavy atom. The molecule has 2 heteroatoms. The first-order valence-electron chi connectivity index (χ1n) is 7.61. The predicted octanol–water partition coefficient (Wildman–Crippen LogP) is 4.42. The maximum atomic E-state index is 10.1.